The van der Waals surface area contributed by atoms with Gasteiger partial charge in [-0.2, -0.15) is 0 Å². The SMILES string of the molecule is CCn1c(=O)c(-c2cc(OC)cc(C(=O)NOC)c2)cc2cnc3[nH]ccc3c21. The summed E-state index contributed by atoms with van der Waals surface area (Å²) < 4.78 is 7.05. The zero-order valence-electron chi connectivity index (χ0n) is 16.3. The molecule has 0 aliphatic rings. The van der Waals surface area contributed by atoms with Crippen LogP contribution in [0, 0.1) is 0 Å². The second-order valence-electron chi connectivity index (χ2n) is 6.50. The molecule has 3 heterocycles. The first-order valence-corrected chi connectivity index (χ1v) is 9.09. The molecule has 3 aromatic heterocycles. The Labute approximate surface area is 166 Å². The number of carbonyl (C=O) groups excluding carboxylic acids is 1. The molecule has 8 nitrogen and oxygen atoms in total. The van der Waals surface area contributed by atoms with Crippen molar-refractivity contribution in [2.75, 3.05) is 14.2 Å². The summed E-state index contributed by atoms with van der Waals surface area (Å²) in [7, 11) is 2.87. The van der Waals surface area contributed by atoms with E-state index in [1.165, 1.54) is 14.2 Å². The molecule has 0 spiro atoms. The number of hydrogen-bond acceptors (Lipinski definition) is 5. The number of benzene rings is 1. The molecule has 4 rings (SSSR count). The van der Waals surface area contributed by atoms with Crippen molar-refractivity contribution in [3.8, 4) is 16.9 Å². The molecule has 0 saturated carbocycles. The Morgan fingerprint density at radius 2 is 2.07 bits per heavy atom. The molecule has 0 aliphatic carbocycles. The van der Waals surface area contributed by atoms with Crippen molar-refractivity contribution in [2.45, 2.75) is 13.5 Å². The minimum atomic E-state index is -0.431. The van der Waals surface area contributed by atoms with Crippen LogP contribution in [-0.4, -0.2) is 34.7 Å². The van der Waals surface area contributed by atoms with Crippen LogP contribution in [0.2, 0.25) is 0 Å². The van der Waals surface area contributed by atoms with Crippen molar-refractivity contribution in [3.05, 3.63) is 58.6 Å². The number of pyridine rings is 2. The quantitative estimate of drug-likeness (QED) is 0.509. The molecule has 1 amide bonds. The average Bonchev–Trinajstić information content (AvgIpc) is 3.22. The molecule has 0 bridgehead atoms. The van der Waals surface area contributed by atoms with Crippen LogP contribution < -0.4 is 15.8 Å². The standard InChI is InChI=1S/C21H20N4O4/c1-4-25-18-14(11-23-19-16(18)5-6-22-19)10-17(21(25)27)12-7-13(20(26)24-29-3)9-15(8-12)28-2/h5-11H,4H2,1-3H3,(H,22,23)(H,24,26). The van der Waals surface area contributed by atoms with Crippen molar-refractivity contribution in [2.24, 2.45) is 0 Å². The van der Waals surface area contributed by atoms with Gasteiger partial charge in [0.05, 0.1) is 19.7 Å². The predicted molar refractivity (Wildman–Crippen MR) is 110 cm³/mol. The summed E-state index contributed by atoms with van der Waals surface area (Å²) in [6.07, 6.45) is 3.54. The molecule has 29 heavy (non-hydrogen) atoms. The Morgan fingerprint density at radius 1 is 1.24 bits per heavy atom. The van der Waals surface area contributed by atoms with Gasteiger partial charge in [-0.25, -0.2) is 10.5 Å². The third-order valence-corrected chi connectivity index (χ3v) is 4.86. The molecule has 0 aliphatic heterocycles. The number of aromatic nitrogens is 3. The van der Waals surface area contributed by atoms with Gasteiger partial charge < -0.3 is 14.3 Å². The van der Waals surface area contributed by atoms with Crippen molar-refractivity contribution in [3.63, 3.8) is 0 Å². The molecule has 0 radical (unpaired) electrons. The van der Waals surface area contributed by atoms with E-state index in [4.69, 9.17) is 9.57 Å². The lowest BCUT2D eigenvalue weighted by Gasteiger charge is -2.14. The van der Waals surface area contributed by atoms with E-state index >= 15 is 0 Å². The summed E-state index contributed by atoms with van der Waals surface area (Å²) in [5, 5.41) is 1.72. The van der Waals surface area contributed by atoms with Crippen LogP contribution in [0.15, 0.2) is 47.5 Å². The summed E-state index contributed by atoms with van der Waals surface area (Å²) >= 11 is 0. The monoisotopic (exact) mass is 392 g/mol. The minimum absolute atomic E-state index is 0.153. The Kier molecular flexibility index (Phi) is 4.77. The lowest BCUT2D eigenvalue weighted by Crippen LogP contribution is -2.23. The summed E-state index contributed by atoms with van der Waals surface area (Å²) in [4.78, 5) is 37.8. The summed E-state index contributed by atoms with van der Waals surface area (Å²) in [5.74, 6) is 0.0328. The molecule has 0 fully saturated rings. The molecular formula is C21H20N4O4. The number of amides is 1. The number of ether oxygens (including phenoxy) is 1. The number of carbonyl (C=O) groups is 1. The number of aromatic amines is 1. The second-order valence-corrected chi connectivity index (χ2v) is 6.50. The van der Waals surface area contributed by atoms with Gasteiger partial charge in [-0.15, -0.1) is 0 Å². The third-order valence-electron chi connectivity index (χ3n) is 4.86. The number of H-pyrrole nitrogens is 1. The summed E-state index contributed by atoms with van der Waals surface area (Å²) in [6, 6.07) is 8.67. The zero-order valence-corrected chi connectivity index (χ0v) is 16.3. The van der Waals surface area contributed by atoms with Crippen molar-refractivity contribution in [1.82, 2.24) is 20.0 Å². The molecule has 0 unspecified atom stereocenters. The molecular weight excluding hydrogens is 372 g/mol. The van der Waals surface area contributed by atoms with E-state index in [2.05, 4.69) is 15.4 Å². The Hall–Kier alpha value is -3.65. The number of nitrogens with zero attached hydrogens (tertiary/aromatic N) is 2. The van der Waals surface area contributed by atoms with Crippen LogP contribution in [0.4, 0.5) is 0 Å². The van der Waals surface area contributed by atoms with E-state index in [0.29, 0.717) is 29.0 Å². The minimum Gasteiger partial charge on any atom is -0.497 e. The van der Waals surface area contributed by atoms with E-state index in [1.807, 2.05) is 13.0 Å². The summed E-state index contributed by atoms with van der Waals surface area (Å²) in [6.45, 7) is 2.42. The molecule has 148 valence electrons. The van der Waals surface area contributed by atoms with Crippen molar-refractivity contribution in [1.29, 1.82) is 0 Å². The van der Waals surface area contributed by atoms with Gasteiger partial charge in [0.1, 0.15) is 11.4 Å². The maximum Gasteiger partial charge on any atom is 0.274 e. The van der Waals surface area contributed by atoms with E-state index in [9.17, 15) is 9.59 Å². The fraction of sp³-hybridized carbons (Fsp3) is 0.190. The van der Waals surface area contributed by atoms with E-state index in [-0.39, 0.29) is 5.56 Å². The Morgan fingerprint density at radius 3 is 2.79 bits per heavy atom. The predicted octanol–water partition coefficient (Wildman–Crippen LogP) is 2.86. The first-order chi connectivity index (χ1) is 14.1. The van der Waals surface area contributed by atoms with Crippen LogP contribution >= 0.6 is 0 Å². The van der Waals surface area contributed by atoms with E-state index < -0.39 is 5.91 Å². The molecule has 2 N–H and O–H groups in total. The highest BCUT2D eigenvalue weighted by Gasteiger charge is 2.16. The lowest BCUT2D eigenvalue weighted by molar-refractivity contribution is 0.0537. The average molecular weight is 392 g/mol. The maximum atomic E-state index is 13.4. The number of hydrogen-bond donors (Lipinski definition) is 2. The number of nitrogens with one attached hydrogen (secondary N) is 2. The van der Waals surface area contributed by atoms with Gasteiger partial charge in [-0.05, 0) is 42.8 Å². The van der Waals surface area contributed by atoms with Crippen molar-refractivity contribution >= 4 is 27.8 Å². The lowest BCUT2D eigenvalue weighted by atomic mass is 10.0. The molecule has 0 saturated heterocycles. The van der Waals surface area contributed by atoms with Crippen LogP contribution in [0.1, 0.15) is 17.3 Å². The highest BCUT2D eigenvalue weighted by molar-refractivity contribution is 6.03. The van der Waals surface area contributed by atoms with Gasteiger partial charge >= 0.3 is 0 Å². The fourth-order valence-corrected chi connectivity index (χ4v) is 3.54. The van der Waals surface area contributed by atoms with Crippen molar-refractivity contribution < 1.29 is 14.4 Å². The van der Waals surface area contributed by atoms with Crippen LogP contribution in [-0.2, 0) is 11.4 Å². The second kappa shape index (κ2) is 7.40. The number of hydroxylamine groups is 1. The first-order valence-electron chi connectivity index (χ1n) is 9.09. The molecule has 8 heteroatoms. The molecule has 1 aromatic carbocycles. The zero-order chi connectivity index (χ0) is 20.5. The first kappa shape index (κ1) is 18.7. The van der Waals surface area contributed by atoms with Gasteiger partial charge in [-0.3, -0.25) is 14.4 Å². The Bertz CT molecular complexity index is 1290. The molecule has 4 aromatic rings. The fourth-order valence-electron chi connectivity index (χ4n) is 3.54. The largest absolute Gasteiger partial charge is 0.497 e. The van der Waals surface area contributed by atoms with Crippen LogP contribution in [0.3, 0.4) is 0 Å². The van der Waals surface area contributed by atoms with Gasteiger partial charge in [0.2, 0.25) is 0 Å². The van der Waals surface area contributed by atoms with E-state index in [1.54, 1.807) is 41.2 Å². The van der Waals surface area contributed by atoms with Gasteiger partial charge in [-0.1, -0.05) is 0 Å². The number of fused-ring (bicyclic) bond motifs is 3. The summed E-state index contributed by atoms with van der Waals surface area (Å²) in [5.41, 5.74) is 5.05. The highest BCUT2D eigenvalue weighted by atomic mass is 16.6. The maximum absolute atomic E-state index is 13.4. The van der Waals surface area contributed by atoms with Gasteiger partial charge in [0.15, 0.2) is 0 Å². The van der Waals surface area contributed by atoms with Gasteiger partial charge in [0.25, 0.3) is 11.5 Å². The van der Waals surface area contributed by atoms with E-state index in [0.717, 1.165) is 21.9 Å². The normalized spacial score (nSPS) is 11.1. The third kappa shape index (κ3) is 3.13. The topological polar surface area (TPSA) is 98.2 Å². The number of methoxy groups -OCH3 is 1. The highest BCUT2D eigenvalue weighted by Crippen LogP contribution is 2.28. The van der Waals surface area contributed by atoms with Crippen LogP contribution in [0.25, 0.3) is 33.1 Å². The molecule has 0 atom stereocenters. The smallest absolute Gasteiger partial charge is 0.274 e. The Balaban J connectivity index is 2.00. The number of rotatable bonds is 5. The number of aryl methyl sites for hydroxylation is 1. The van der Waals surface area contributed by atoms with Crippen LogP contribution in [0.5, 0.6) is 5.75 Å². The van der Waals surface area contributed by atoms with Gasteiger partial charge in [0, 0.05) is 40.8 Å².